The molecule has 0 aromatic carbocycles. The van der Waals surface area contributed by atoms with E-state index in [0.717, 1.165) is 6.42 Å². The maximum Gasteiger partial charge on any atom is 0.186 e. The summed E-state index contributed by atoms with van der Waals surface area (Å²) in [6, 6.07) is 0.0553. The molecule has 16 heavy (non-hydrogen) atoms. The van der Waals surface area contributed by atoms with Crippen LogP contribution in [0.4, 0.5) is 0 Å². The molecular formula is C11H21N3O2. The van der Waals surface area contributed by atoms with Crippen LogP contribution >= 0.6 is 0 Å². The molecule has 5 heteroatoms. The zero-order chi connectivity index (χ0) is 12.2. The highest BCUT2D eigenvalue weighted by Gasteiger charge is 2.38. The molecule has 1 fully saturated rings. The number of ketones is 1. The van der Waals surface area contributed by atoms with Gasteiger partial charge in [-0.2, -0.15) is 0 Å². The zero-order valence-electron chi connectivity index (χ0n) is 9.78. The first-order valence-electron chi connectivity index (χ1n) is 5.82. The highest BCUT2D eigenvalue weighted by molar-refractivity contribution is 5.87. The first-order chi connectivity index (χ1) is 7.48. The van der Waals surface area contributed by atoms with Gasteiger partial charge in [-0.15, -0.1) is 0 Å². The van der Waals surface area contributed by atoms with Crippen LogP contribution in [0.15, 0.2) is 4.99 Å². The van der Waals surface area contributed by atoms with E-state index in [-0.39, 0.29) is 17.8 Å². The van der Waals surface area contributed by atoms with E-state index in [0.29, 0.717) is 32.1 Å². The van der Waals surface area contributed by atoms with Gasteiger partial charge < -0.3 is 16.6 Å². The van der Waals surface area contributed by atoms with Crippen molar-refractivity contribution in [1.29, 1.82) is 0 Å². The number of hydrogen-bond acceptors (Lipinski definition) is 3. The SMILES string of the molecule is CCCC(=O)C1(O)CCC(N=C(N)N)CC1. The maximum absolute atomic E-state index is 11.7. The molecular weight excluding hydrogens is 206 g/mol. The van der Waals surface area contributed by atoms with E-state index >= 15 is 0 Å². The van der Waals surface area contributed by atoms with E-state index in [4.69, 9.17) is 11.5 Å². The number of nitrogens with two attached hydrogens (primary N) is 2. The number of guanidine groups is 1. The van der Waals surface area contributed by atoms with E-state index in [1.54, 1.807) is 0 Å². The number of carbonyl (C=O) groups excluding carboxylic acids is 1. The molecule has 0 radical (unpaired) electrons. The van der Waals surface area contributed by atoms with Crippen molar-refractivity contribution in [1.82, 2.24) is 0 Å². The summed E-state index contributed by atoms with van der Waals surface area (Å²) < 4.78 is 0. The van der Waals surface area contributed by atoms with Crippen molar-refractivity contribution in [2.24, 2.45) is 16.5 Å². The molecule has 0 aromatic rings. The largest absolute Gasteiger partial charge is 0.382 e. The topological polar surface area (TPSA) is 102 Å². The van der Waals surface area contributed by atoms with Crippen LogP contribution < -0.4 is 11.5 Å². The third-order valence-electron chi connectivity index (χ3n) is 3.11. The Morgan fingerprint density at radius 3 is 2.44 bits per heavy atom. The van der Waals surface area contributed by atoms with Crippen LogP contribution in [0.2, 0.25) is 0 Å². The second-order valence-electron chi connectivity index (χ2n) is 4.49. The average molecular weight is 227 g/mol. The number of aliphatic imine (C=N–C) groups is 1. The lowest BCUT2D eigenvalue weighted by molar-refractivity contribution is -0.140. The van der Waals surface area contributed by atoms with Crippen LogP contribution in [0.25, 0.3) is 0 Å². The van der Waals surface area contributed by atoms with E-state index in [2.05, 4.69) is 4.99 Å². The number of aliphatic hydroxyl groups is 1. The predicted molar refractivity (Wildman–Crippen MR) is 62.9 cm³/mol. The summed E-state index contributed by atoms with van der Waals surface area (Å²) in [5.41, 5.74) is 9.46. The quantitative estimate of drug-likeness (QED) is 0.475. The standard InChI is InChI=1S/C11H21N3O2/c1-2-3-9(15)11(16)6-4-8(5-7-11)14-10(12)13/h8,16H,2-7H2,1H3,(H4,12,13,14). The molecule has 5 N–H and O–H groups in total. The molecule has 0 aliphatic heterocycles. The van der Waals surface area contributed by atoms with E-state index in [1.165, 1.54) is 0 Å². The van der Waals surface area contributed by atoms with Crippen molar-refractivity contribution in [2.45, 2.75) is 57.1 Å². The molecule has 0 bridgehead atoms. The van der Waals surface area contributed by atoms with Crippen molar-refractivity contribution in [3.05, 3.63) is 0 Å². The lowest BCUT2D eigenvalue weighted by Crippen LogP contribution is -2.43. The first-order valence-corrected chi connectivity index (χ1v) is 5.82. The summed E-state index contributed by atoms with van der Waals surface area (Å²) in [4.78, 5) is 15.8. The van der Waals surface area contributed by atoms with Crippen molar-refractivity contribution < 1.29 is 9.90 Å². The smallest absolute Gasteiger partial charge is 0.186 e. The monoisotopic (exact) mass is 227 g/mol. The molecule has 5 nitrogen and oxygen atoms in total. The minimum Gasteiger partial charge on any atom is -0.382 e. The minimum absolute atomic E-state index is 0.0434. The van der Waals surface area contributed by atoms with E-state index in [1.807, 2.05) is 6.92 Å². The number of nitrogens with zero attached hydrogens (tertiary/aromatic N) is 1. The van der Waals surface area contributed by atoms with Gasteiger partial charge in [0.15, 0.2) is 11.7 Å². The Morgan fingerprint density at radius 2 is 2.00 bits per heavy atom. The molecule has 0 amide bonds. The number of rotatable bonds is 4. The van der Waals surface area contributed by atoms with Gasteiger partial charge in [0.25, 0.3) is 0 Å². The molecule has 0 saturated heterocycles. The Morgan fingerprint density at radius 1 is 1.44 bits per heavy atom. The highest BCUT2D eigenvalue weighted by Crippen LogP contribution is 2.31. The van der Waals surface area contributed by atoms with Crippen molar-refractivity contribution in [3.8, 4) is 0 Å². The molecule has 1 aliphatic carbocycles. The van der Waals surface area contributed by atoms with Crippen molar-refractivity contribution >= 4 is 11.7 Å². The third-order valence-corrected chi connectivity index (χ3v) is 3.11. The summed E-state index contributed by atoms with van der Waals surface area (Å²) in [6.07, 6.45) is 3.50. The maximum atomic E-state index is 11.7. The number of carbonyl (C=O) groups is 1. The van der Waals surface area contributed by atoms with Gasteiger partial charge >= 0.3 is 0 Å². The van der Waals surface area contributed by atoms with E-state index in [9.17, 15) is 9.90 Å². The zero-order valence-corrected chi connectivity index (χ0v) is 9.78. The van der Waals surface area contributed by atoms with Crippen LogP contribution in [0.5, 0.6) is 0 Å². The molecule has 0 atom stereocenters. The van der Waals surface area contributed by atoms with Crippen LogP contribution in [-0.2, 0) is 4.79 Å². The van der Waals surface area contributed by atoms with E-state index < -0.39 is 5.60 Å². The lowest BCUT2D eigenvalue weighted by atomic mass is 9.78. The summed E-state index contributed by atoms with van der Waals surface area (Å²) in [6.45, 7) is 1.94. The molecule has 92 valence electrons. The Labute approximate surface area is 95.9 Å². The fourth-order valence-corrected chi connectivity index (χ4v) is 2.16. The Balaban J connectivity index is 2.53. The fourth-order valence-electron chi connectivity index (χ4n) is 2.16. The highest BCUT2D eigenvalue weighted by atomic mass is 16.3. The summed E-state index contributed by atoms with van der Waals surface area (Å²) in [5, 5.41) is 10.2. The van der Waals surface area contributed by atoms with Gasteiger partial charge in [0.2, 0.25) is 0 Å². The second-order valence-corrected chi connectivity index (χ2v) is 4.49. The Kier molecular flexibility index (Phi) is 4.29. The summed E-state index contributed by atoms with van der Waals surface area (Å²) >= 11 is 0. The van der Waals surface area contributed by atoms with Gasteiger partial charge in [0, 0.05) is 6.42 Å². The average Bonchev–Trinajstić information content (AvgIpc) is 2.21. The van der Waals surface area contributed by atoms with Gasteiger partial charge in [-0.05, 0) is 32.1 Å². The van der Waals surface area contributed by atoms with Gasteiger partial charge in [-0.25, -0.2) is 0 Å². The third kappa shape index (κ3) is 3.20. The number of Topliss-reactive ketones (excluding diaryl/α,β-unsaturated/α-hetero) is 1. The molecule has 1 aliphatic rings. The second kappa shape index (κ2) is 5.30. The van der Waals surface area contributed by atoms with Crippen LogP contribution in [0.3, 0.4) is 0 Å². The van der Waals surface area contributed by atoms with Gasteiger partial charge in [-0.1, -0.05) is 6.92 Å². The molecule has 1 saturated carbocycles. The molecule has 1 rings (SSSR count). The van der Waals surface area contributed by atoms with Crippen LogP contribution in [0, 0.1) is 0 Å². The first kappa shape index (κ1) is 13.0. The minimum atomic E-state index is -1.13. The lowest BCUT2D eigenvalue weighted by Gasteiger charge is -2.33. The summed E-state index contributed by atoms with van der Waals surface area (Å²) in [5.74, 6) is 0.0356. The van der Waals surface area contributed by atoms with Crippen LogP contribution in [0.1, 0.15) is 45.4 Å². The van der Waals surface area contributed by atoms with Crippen LogP contribution in [-0.4, -0.2) is 28.5 Å². The fraction of sp³-hybridized carbons (Fsp3) is 0.818. The number of hydrogen-bond donors (Lipinski definition) is 3. The molecule has 0 unspecified atom stereocenters. The Bertz CT molecular complexity index is 277. The predicted octanol–water partition coefficient (Wildman–Crippen LogP) is 0.303. The van der Waals surface area contributed by atoms with Gasteiger partial charge in [-0.3, -0.25) is 9.79 Å². The van der Waals surface area contributed by atoms with Gasteiger partial charge in [0.1, 0.15) is 5.60 Å². The Hall–Kier alpha value is -1.10. The molecule has 0 spiro atoms. The molecule has 0 aromatic heterocycles. The normalized spacial score (nSPS) is 29.8. The van der Waals surface area contributed by atoms with Crippen molar-refractivity contribution in [3.63, 3.8) is 0 Å². The van der Waals surface area contributed by atoms with Crippen molar-refractivity contribution in [2.75, 3.05) is 0 Å². The summed E-state index contributed by atoms with van der Waals surface area (Å²) in [7, 11) is 0. The molecule has 0 heterocycles. The van der Waals surface area contributed by atoms with Gasteiger partial charge in [0.05, 0.1) is 6.04 Å².